The van der Waals surface area contributed by atoms with Crippen molar-refractivity contribution in [2.45, 2.75) is 26.3 Å². The lowest BCUT2D eigenvalue weighted by Gasteiger charge is -2.28. The van der Waals surface area contributed by atoms with Gasteiger partial charge in [-0.1, -0.05) is 13.8 Å². The fraction of sp³-hybridized carbons (Fsp3) is 0.917. The van der Waals surface area contributed by atoms with Gasteiger partial charge in [-0.25, -0.2) is 0 Å². The summed E-state index contributed by atoms with van der Waals surface area (Å²) in [5.74, 6) is 1.22. The fourth-order valence-corrected chi connectivity index (χ4v) is 2.83. The van der Waals surface area contributed by atoms with Crippen molar-refractivity contribution in [2.75, 3.05) is 37.8 Å². The zero-order valence-corrected chi connectivity index (χ0v) is 11.5. The largest absolute Gasteiger partial charge is 0.481 e. The van der Waals surface area contributed by atoms with Crippen molar-refractivity contribution < 1.29 is 14.6 Å². The summed E-state index contributed by atoms with van der Waals surface area (Å²) in [5.41, 5.74) is 0. The van der Waals surface area contributed by atoms with E-state index >= 15 is 0 Å². The molecular formula is C12H23NO3S. The lowest BCUT2D eigenvalue weighted by atomic mass is 10.0. The number of ether oxygens (including phenoxy) is 1. The van der Waals surface area contributed by atoms with Crippen LogP contribution in [0, 0.1) is 5.92 Å². The second kappa shape index (κ2) is 7.95. The Balaban J connectivity index is 2.40. The Morgan fingerprint density at radius 3 is 2.82 bits per heavy atom. The quantitative estimate of drug-likeness (QED) is 0.672. The third-order valence-electron chi connectivity index (χ3n) is 3.18. The number of carboxylic acid groups (broad SMARTS) is 1. The third kappa shape index (κ3) is 4.48. The number of thioether (sulfide) groups is 1. The highest BCUT2D eigenvalue weighted by Crippen LogP contribution is 2.20. The predicted octanol–water partition coefficient (Wildman–Crippen LogP) is 1.55. The molecule has 0 radical (unpaired) electrons. The van der Waals surface area contributed by atoms with Crippen LogP contribution in [0.2, 0.25) is 0 Å². The van der Waals surface area contributed by atoms with E-state index in [0.717, 1.165) is 31.0 Å². The van der Waals surface area contributed by atoms with Crippen molar-refractivity contribution in [3.63, 3.8) is 0 Å². The number of carboxylic acids is 1. The van der Waals surface area contributed by atoms with Crippen molar-refractivity contribution in [1.82, 2.24) is 4.90 Å². The SMILES string of the molecule is CCSCCCN(CC)C1COCC1C(=O)O. The van der Waals surface area contributed by atoms with E-state index in [0.29, 0.717) is 13.2 Å². The molecule has 17 heavy (non-hydrogen) atoms. The van der Waals surface area contributed by atoms with E-state index in [4.69, 9.17) is 9.84 Å². The Bertz CT molecular complexity index is 238. The van der Waals surface area contributed by atoms with E-state index < -0.39 is 5.97 Å². The van der Waals surface area contributed by atoms with E-state index in [2.05, 4.69) is 18.7 Å². The van der Waals surface area contributed by atoms with E-state index in [9.17, 15) is 4.79 Å². The molecule has 100 valence electrons. The molecule has 0 saturated carbocycles. The summed E-state index contributed by atoms with van der Waals surface area (Å²) in [6.07, 6.45) is 1.12. The molecule has 5 heteroatoms. The Morgan fingerprint density at radius 1 is 1.47 bits per heavy atom. The highest BCUT2D eigenvalue weighted by molar-refractivity contribution is 7.99. The second-order valence-electron chi connectivity index (χ2n) is 4.23. The predicted molar refractivity (Wildman–Crippen MR) is 70.6 cm³/mol. The number of aliphatic carboxylic acids is 1. The van der Waals surface area contributed by atoms with Gasteiger partial charge in [0, 0.05) is 6.04 Å². The molecule has 0 amide bonds. The lowest BCUT2D eigenvalue weighted by molar-refractivity contribution is -0.143. The van der Waals surface area contributed by atoms with Crippen molar-refractivity contribution in [2.24, 2.45) is 5.92 Å². The van der Waals surface area contributed by atoms with E-state index in [1.807, 2.05) is 11.8 Å². The van der Waals surface area contributed by atoms with Crippen LogP contribution >= 0.6 is 11.8 Å². The Morgan fingerprint density at radius 2 is 2.24 bits per heavy atom. The molecule has 1 aliphatic rings. The summed E-state index contributed by atoms with van der Waals surface area (Å²) in [4.78, 5) is 13.3. The Labute approximate surface area is 108 Å². The van der Waals surface area contributed by atoms with Crippen molar-refractivity contribution in [1.29, 1.82) is 0 Å². The van der Waals surface area contributed by atoms with Crippen LogP contribution in [0.3, 0.4) is 0 Å². The van der Waals surface area contributed by atoms with Crippen molar-refractivity contribution in [3.8, 4) is 0 Å². The minimum atomic E-state index is -0.728. The number of nitrogens with zero attached hydrogens (tertiary/aromatic N) is 1. The van der Waals surface area contributed by atoms with E-state index in [-0.39, 0.29) is 12.0 Å². The first-order valence-electron chi connectivity index (χ1n) is 6.33. The first-order chi connectivity index (χ1) is 8.20. The minimum Gasteiger partial charge on any atom is -0.481 e. The van der Waals surface area contributed by atoms with E-state index in [1.165, 1.54) is 0 Å². The average Bonchev–Trinajstić information content (AvgIpc) is 2.78. The van der Waals surface area contributed by atoms with Gasteiger partial charge in [0.25, 0.3) is 0 Å². The van der Waals surface area contributed by atoms with Crippen molar-refractivity contribution >= 4 is 17.7 Å². The van der Waals surface area contributed by atoms with Crippen LogP contribution in [0.4, 0.5) is 0 Å². The second-order valence-corrected chi connectivity index (χ2v) is 5.62. The van der Waals surface area contributed by atoms with E-state index in [1.54, 1.807) is 0 Å². The van der Waals surface area contributed by atoms with Gasteiger partial charge in [-0.2, -0.15) is 11.8 Å². The molecule has 0 aliphatic carbocycles. The maximum absolute atomic E-state index is 11.1. The van der Waals surface area contributed by atoms with Gasteiger partial charge in [0.15, 0.2) is 0 Å². The molecule has 2 atom stereocenters. The molecule has 1 heterocycles. The highest BCUT2D eigenvalue weighted by atomic mass is 32.2. The molecule has 0 bridgehead atoms. The molecule has 1 saturated heterocycles. The smallest absolute Gasteiger partial charge is 0.310 e. The Hall–Kier alpha value is -0.260. The number of hydrogen-bond donors (Lipinski definition) is 1. The summed E-state index contributed by atoms with van der Waals surface area (Å²) in [6.45, 7) is 7.04. The summed E-state index contributed by atoms with van der Waals surface area (Å²) < 4.78 is 5.31. The van der Waals surface area contributed by atoms with Crippen molar-refractivity contribution in [3.05, 3.63) is 0 Å². The first-order valence-corrected chi connectivity index (χ1v) is 7.48. The molecule has 2 unspecified atom stereocenters. The number of hydrogen-bond acceptors (Lipinski definition) is 4. The molecular weight excluding hydrogens is 238 g/mol. The molecule has 0 spiro atoms. The highest BCUT2D eigenvalue weighted by Gasteiger charge is 2.37. The van der Waals surface area contributed by atoms with Gasteiger partial charge in [0.05, 0.1) is 19.1 Å². The van der Waals surface area contributed by atoms with Gasteiger partial charge in [-0.3, -0.25) is 9.69 Å². The van der Waals surface area contributed by atoms with Crippen LogP contribution in [0.1, 0.15) is 20.3 Å². The standard InChI is InChI=1S/C12H23NO3S/c1-3-13(6-5-7-17-4-2)11-9-16-8-10(11)12(14)15/h10-11H,3-9H2,1-2H3,(H,14,15). The normalized spacial score (nSPS) is 24.4. The molecule has 0 aromatic rings. The molecule has 0 aromatic heterocycles. The molecule has 1 aliphatic heterocycles. The van der Waals surface area contributed by atoms with Crippen LogP contribution in [0.15, 0.2) is 0 Å². The fourth-order valence-electron chi connectivity index (χ4n) is 2.21. The van der Waals surface area contributed by atoms with Crippen LogP contribution in [0.5, 0.6) is 0 Å². The lowest BCUT2D eigenvalue weighted by Crippen LogP contribution is -2.43. The third-order valence-corrected chi connectivity index (χ3v) is 4.17. The zero-order chi connectivity index (χ0) is 12.7. The van der Waals surface area contributed by atoms with Crippen LogP contribution < -0.4 is 0 Å². The number of carbonyl (C=O) groups is 1. The van der Waals surface area contributed by atoms with Gasteiger partial charge < -0.3 is 9.84 Å². The van der Waals surface area contributed by atoms with Crippen LogP contribution in [-0.2, 0) is 9.53 Å². The first kappa shape index (κ1) is 14.8. The monoisotopic (exact) mass is 261 g/mol. The van der Waals surface area contributed by atoms with Crippen LogP contribution in [0.25, 0.3) is 0 Å². The molecule has 1 N–H and O–H groups in total. The van der Waals surface area contributed by atoms with Gasteiger partial charge in [-0.15, -0.1) is 0 Å². The van der Waals surface area contributed by atoms with Gasteiger partial charge >= 0.3 is 5.97 Å². The number of likely N-dealkylation sites (N-methyl/N-ethyl adjacent to an activating group) is 1. The molecule has 0 aromatic carbocycles. The number of rotatable bonds is 8. The summed E-state index contributed by atoms with van der Waals surface area (Å²) >= 11 is 1.94. The summed E-state index contributed by atoms with van der Waals surface area (Å²) in [6, 6.07) is 0.0594. The van der Waals surface area contributed by atoms with Gasteiger partial charge in [0.2, 0.25) is 0 Å². The summed E-state index contributed by atoms with van der Waals surface area (Å²) in [7, 11) is 0. The van der Waals surface area contributed by atoms with Crippen LogP contribution in [-0.4, -0.2) is 59.8 Å². The minimum absolute atomic E-state index is 0.0594. The molecule has 4 nitrogen and oxygen atoms in total. The maximum Gasteiger partial charge on any atom is 0.310 e. The maximum atomic E-state index is 11.1. The summed E-state index contributed by atoms with van der Waals surface area (Å²) in [5, 5.41) is 9.13. The molecule has 1 rings (SSSR count). The topological polar surface area (TPSA) is 49.8 Å². The Kier molecular flexibility index (Phi) is 6.92. The molecule has 1 fully saturated rings. The van der Waals surface area contributed by atoms with Gasteiger partial charge in [-0.05, 0) is 31.0 Å². The zero-order valence-electron chi connectivity index (χ0n) is 10.7. The van der Waals surface area contributed by atoms with Gasteiger partial charge in [0.1, 0.15) is 0 Å². The average molecular weight is 261 g/mol.